The molecule has 0 aliphatic carbocycles. The van der Waals surface area contributed by atoms with E-state index in [1.54, 1.807) is 18.3 Å². The van der Waals surface area contributed by atoms with Crippen molar-refractivity contribution >= 4 is 35.1 Å². The Hall–Kier alpha value is -1.92. The normalized spacial score (nSPS) is 9.74. The zero-order valence-corrected chi connectivity index (χ0v) is 11.5. The number of thiol groups is 1. The predicted octanol–water partition coefficient (Wildman–Crippen LogP) is 2.20. The van der Waals surface area contributed by atoms with Gasteiger partial charge in [0.05, 0.1) is 5.69 Å². The molecule has 0 unspecified atom stereocenters. The molecule has 1 aromatic heterocycles. The molecule has 0 saturated heterocycles. The highest BCUT2D eigenvalue weighted by atomic mass is 32.1. The van der Waals surface area contributed by atoms with Crippen molar-refractivity contribution in [2.75, 3.05) is 0 Å². The van der Waals surface area contributed by atoms with Crippen molar-refractivity contribution in [2.45, 2.75) is 0 Å². The highest BCUT2D eigenvalue weighted by molar-refractivity contribution is 8.11. The zero-order valence-electron chi connectivity index (χ0n) is 9.83. The maximum Gasteiger partial charge on any atom is 0.269 e. The number of thiocarbonyl (C=S) groups is 1. The molecule has 4 nitrogen and oxygen atoms in total. The van der Waals surface area contributed by atoms with Gasteiger partial charge < -0.3 is 0 Å². The molecule has 6 heteroatoms. The standard InChI is InChI=1S/C13H11N3OS2/c17-12(15-16-13(18)19)10-6-7-14-11(8-10)9-4-2-1-3-5-9/h1-8H,(H,15,17)(H2,16,18,19). The highest BCUT2D eigenvalue weighted by Crippen LogP contribution is 2.16. The summed E-state index contributed by atoms with van der Waals surface area (Å²) in [6.45, 7) is 0. The molecule has 2 aromatic rings. The smallest absolute Gasteiger partial charge is 0.269 e. The minimum Gasteiger partial charge on any atom is -0.283 e. The van der Waals surface area contributed by atoms with E-state index in [0.29, 0.717) is 5.56 Å². The number of hydrogen-bond donors (Lipinski definition) is 3. The number of amides is 1. The van der Waals surface area contributed by atoms with Crippen molar-refractivity contribution in [1.29, 1.82) is 0 Å². The van der Waals surface area contributed by atoms with Crippen LogP contribution in [-0.2, 0) is 0 Å². The van der Waals surface area contributed by atoms with Crippen molar-refractivity contribution in [3.8, 4) is 11.3 Å². The van der Waals surface area contributed by atoms with Crippen molar-refractivity contribution < 1.29 is 4.79 Å². The lowest BCUT2D eigenvalue weighted by molar-refractivity contribution is 0.0944. The summed E-state index contributed by atoms with van der Waals surface area (Å²) in [7, 11) is 0. The van der Waals surface area contributed by atoms with Crippen molar-refractivity contribution in [2.24, 2.45) is 0 Å². The fourth-order valence-corrected chi connectivity index (χ4v) is 1.63. The van der Waals surface area contributed by atoms with Crippen LogP contribution in [0.2, 0.25) is 0 Å². The summed E-state index contributed by atoms with van der Waals surface area (Å²) in [4.78, 5) is 16.1. The van der Waals surface area contributed by atoms with Gasteiger partial charge >= 0.3 is 0 Å². The van der Waals surface area contributed by atoms with Gasteiger partial charge in [0, 0.05) is 17.3 Å². The molecule has 1 aromatic carbocycles. The van der Waals surface area contributed by atoms with Gasteiger partial charge in [-0.1, -0.05) is 42.5 Å². The number of hydrogen-bond acceptors (Lipinski definition) is 3. The highest BCUT2D eigenvalue weighted by Gasteiger charge is 2.07. The first kappa shape index (κ1) is 13.5. The molecule has 0 aliphatic heterocycles. The molecular weight excluding hydrogens is 278 g/mol. The molecule has 0 spiro atoms. The Labute approximate surface area is 121 Å². The van der Waals surface area contributed by atoms with Gasteiger partial charge in [-0.25, -0.2) is 0 Å². The first-order valence-electron chi connectivity index (χ1n) is 5.47. The summed E-state index contributed by atoms with van der Waals surface area (Å²) in [5.41, 5.74) is 7.10. The molecule has 19 heavy (non-hydrogen) atoms. The number of aromatic nitrogens is 1. The number of nitrogens with one attached hydrogen (secondary N) is 2. The second-order valence-electron chi connectivity index (χ2n) is 3.68. The van der Waals surface area contributed by atoms with E-state index >= 15 is 0 Å². The first-order valence-corrected chi connectivity index (χ1v) is 6.33. The van der Waals surface area contributed by atoms with E-state index in [-0.39, 0.29) is 10.2 Å². The van der Waals surface area contributed by atoms with Crippen LogP contribution in [0.3, 0.4) is 0 Å². The van der Waals surface area contributed by atoms with Crippen molar-refractivity contribution in [1.82, 2.24) is 15.8 Å². The summed E-state index contributed by atoms with van der Waals surface area (Å²) < 4.78 is 0.200. The lowest BCUT2D eigenvalue weighted by Crippen LogP contribution is -2.38. The van der Waals surface area contributed by atoms with Gasteiger partial charge in [-0.3, -0.25) is 20.6 Å². The molecule has 1 amide bonds. The Kier molecular flexibility index (Phi) is 4.48. The quantitative estimate of drug-likeness (QED) is 0.451. The molecule has 0 radical (unpaired) electrons. The van der Waals surface area contributed by atoms with E-state index in [4.69, 9.17) is 12.2 Å². The van der Waals surface area contributed by atoms with E-state index in [1.807, 2.05) is 30.3 Å². The molecule has 0 fully saturated rings. The second-order valence-corrected chi connectivity index (χ2v) is 4.84. The maximum atomic E-state index is 11.8. The van der Waals surface area contributed by atoms with Crippen LogP contribution < -0.4 is 10.9 Å². The first-order chi connectivity index (χ1) is 9.16. The lowest BCUT2D eigenvalue weighted by Gasteiger charge is -2.07. The molecule has 0 bridgehead atoms. The van der Waals surface area contributed by atoms with Gasteiger partial charge in [0.15, 0.2) is 0 Å². The van der Waals surface area contributed by atoms with Gasteiger partial charge in [0.25, 0.3) is 5.91 Å². The van der Waals surface area contributed by atoms with E-state index < -0.39 is 0 Å². The van der Waals surface area contributed by atoms with Crippen LogP contribution in [0.25, 0.3) is 11.3 Å². The third-order valence-corrected chi connectivity index (χ3v) is 2.59. The molecule has 0 atom stereocenters. The van der Waals surface area contributed by atoms with E-state index in [9.17, 15) is 4.79 Å². The Balaban J connectivity index is 2.20. The number of hydrazine groups is 1. The Morgan fingerprint density at radius 1 is 1.16 bits per heavy atom. The SMILES string of the molecule is O=C(NNC(=S)S)c1ccnc(-c2ccccc2)c1. The van der Waals surface area contributed by atoms with Crippen molar-refractivity contribution in [3.05, 3.63) is 54.2 Å². The van der Waals surface area contributed by atoms with Crippen LogP contribution in [0.5, 0.6) is 0 Å². The monoisotopic (exact) mass is 289 g/mol. The molecule has 0 saturated carbocycles. The molecule has 1 heterocycles. The van der Waals surface area contributed by atoms with Gasteiger partial charge in [-0.05, 0) is 12.1 Å². The summed E-state index contributed by atoms with van der Waals surface area (Å²) in [5, 5.41) is 0. The van der Waals surface area contributed by atoms with Crippen LogP contribution in [0.4, 0.5) is 0 Å². The number of carbonyl (C=O) groups excluding carboxylic acids is 1. The van der Waals surface area contributed by atoms with Crippen LogP contribution in [0.1, 0.15) is 10.4 Å². The lowest BCUT2D eigenvalue weighted by atomic mass is 10.1. The number of pyridine rings is 1. The third-order valence-electron chi connectivity index (χ3n) is 2.37. The summed E-state index contributed by atoms with van der Waals surface area (Å²) in [6, 6.07) is 13.0. The number of rotatable bonds is 2. The topological polar surface area (TPSA) is 54.0 Å². The number of nitrogens with zero attached hydrogens (tertiary/aromatic N) is 1. The Morgan fingerprint density at radius 2 is 1.89 bits per heavy atom. The van der Waals surface area contributed by atoms with Crippen LogP contribution in [0.15, 0.2) is 48.7 Å². The Bertz CT molecular complexity index is 602. The van der Waals surface area contributed by atoms with Crippen LogP contribution in [-0.4, -0.2) is 15.2 Å². The van der Waals surface area contributed by atoms with Gasteiger partial charge in [-0.15, -0.1) is 12.6 Å². The minimum absolute atomic E-state index is 0.200. The van der Waals surface area contributed by atoms with Crippen LogP contribution >= 0.6 is 24.8 Å². The number of carbonyl (C=O) groups is 1. The summed E-state index contributed by atoms with van der Waals surface area (Å²) in [5.74, 6) is -0.295. The van der Waals surface area contributed by atoms with E-state index in [2.05, 4.69) is 28.5 Å². The average molecular weight is 289 g/mol. The Morgan fingerprint density at radius 3 is 2.58 bits per heavy atom. The molecule has 2 N–H and O–H groups in total. The largest absolute Gasteiger partial charge is 0.283 e. The van der Waals surface area contributed by atoms with Gasteiger partial charge in [0.2, 0.25) is 0 Å². The average Bonchev–Trinajstić information content (AvgIpc) is 2.46. The predicted molar refractivity (Wildman–Crippen MR) is 81.9 cm³/mol. The molecule has 96 valence electrons. The zero-order chi connectivity index (χ0) is 13.7. The fourth-order valence-electron chi connectivity index (χ4n) is 1.52. The molecule has 0 aliphatic rings. The fraction of sp³-hybridized carbons (Fsp3) is 0. The summed E-state index contributed by atoms with van der Waals surface area (Å²) in [6.07, 6.45) is 1.59. The minimum atomic E-state index is -0.295. The summed E-state index contributed by atoms with van der Waals surface area (Å²) >= 11 is 8.55. The van der Waals surface area contributed by atoms with Gasteiger partial charge in [-0.2, -0.15) is 0 Å². The second kappa shape index (κ2) is 6.31. The number of benzene rings is 1. The van der Waals surface area contributed by atoms with Crippen LogP contribution in [0, 0.1) is 0 Å². The van der Waals surface area contributed by atoms with Crippen molar-refractivity contribution in [3.63, 3.8) is 0 Å². The third kappa shape index (κ3) is 3.77. The van der Waals surface area contributed by atoms with E-state index in [0.717, 1.165) is 11.3 Å². The maximum absolute atomic E-state index is 11.8. The molecule has 2 rings (SSSR count). The van der Waals surface area contributed by atoms with E-state index in [1.165, 1.54) is 0 Å². The molecular formula is C13H11N3OS2. The van der Waals surface area contributed by atoms with Gasteiger partial charge in [0.1, 0.15) is 4.32 Å².